The molecule has 6 heteroatoms. The summed E-state index contributed by atoms with van der Waals surface area (Å²) in [4.78, 5) is 0. The van der Waals surface area contributed by atoms with Gasteiger partial charge in [0.05, 0.1) is 0 Å². The first-order valence-electron chi connectivity index (χ1n) is 2.10. The molecule has 0 unspecified atom stereocenters. The number of hydrogen-bond acceptors (Lipinski definition) is 2. The summed E-state index contributed by atoms with van der Waals surface area (Å²) in [5.74, 6) is 0. The van der Waals surface area contributed by atoms with E-state index >= 15 is 0 Å². The molecule has 0 radical (unpaired) electrons. The molecule has 6 nitrogen and oxygen atoms in total. The molecule has 0 heterocycles. The monoisotopic (exact) mass is 198 g/mol. The van der Waals surface area contributed by atoms with Crippen LogP contribution >= 0.6 is 0 Å². The molecule has 0 saturated heterocycles. The van der Waals surface area contributed by atoms with Gasteiger partial charge in [0.15, 0.2) is 0 Å². The third-order valence-corrected chi connectivity index (χ3v) is 0. The van der Waals surface area contributed by atoms with E-state index in [0.29, 0.717) is 0 Å². The Bertz CT molecular complexity index is 27.6. The van der Waals surface area contributed by atoms with Crippen LogP contribution in [0.5, 0.6) is 0 Å². The van der Waals surface area contributed by atoms with E-state index in [4.69, 9.17) is 14.9 Å². The summed E-state index contributed by atoms with van der Waals surface area (Å²) in [5.41, 5.74) is 0. The second-order valence-electron chi connectivity index (χ2n) is 0. The molecule has 0 aromatic rings. The van der Waals surface area contributed by atoms with Gasteiger partial charge in [-0.3, -0.25) is 0 Å². The maximum atomic E-state index is 7.50. The number of hydrogen-bond donors (Lipinski definition) is 2. The van der Waals surface area contributed by atoms with Crippen molar-refractivity contribution in [3.05, 3.63) is 6.65 Å². The Labute approximate surface area is 79.0 Å². The quantitative estimate of drug-likeness (QED) is 0.382. The van der Waals surface area contributed by atoms with Crippen LogP contribution in [-0.2, 0) is 4.65 Å². The summed E-state index contributed by atoms with van der Waals surface area (Å²) in [7, 11) is 2.00. The Kier molecular flexibility index (Phi) is 38600. The van der Waals surface area contributed by atoms with Gasteiger partial charge in [0.1, 0.15) is 0 Å². The first-order valence-corrected chi connectivity index (χ1v) is 2.10. The Morgan fingerprint density at radius 2 is 0.833 bits per heavy atom. The minimum atomic E-state index is 0. The standard InChI is InChI=1S/C2H6.2CH4O.CO.CH4.3H2O.3H2/c4*1-2;;;;;;;/h1-2H3;2*2H,1H3;;1H4;3*1H2;3*1H. The predicted octanol–water partition coefficient (Wildman–Crippen LogP) is -0.894. The van der Waals surface area contributed by atoms with Gasteiger partial charge in [-0.1, -0.05) is 21.3 Å². The minimum Gasteiger partial charge on any atom is 0 e. The molecule has 0 bridgehead atoms. The summed E-state index contributed by atoms with van der Waals surface area (Å²) in [6.45, 7) is 8.50. The molecular weight excluding hydrogens is 168 g/mol. The first kappa shape index (κ1) is 102. The second kappa shape index (κ2) is 4530. The molecule has 0 aromatic heterocycles. The summed E-state index contributed by atoms with van der Waals surface area (Å²) in [6, 6.07) is 0. The van der Waals surface area contributed by atoms with E-state index in [0.717, 1.165) is 14.2 Å². The summed E-state index contributed by atoms with van der Waals surface area (Å²) < 4.78 is 7.50. The SMILES string of the molecule is C.CC.CO.CO.O.O.O.[C-]#[O+].[HH].[HH].[HH]. The van der Waals surface area contributed by atoms with Gasteiger partial charge in [-0.25, -0.2) is 0 Å². The van der Waals surface area contributed by atoms with E-state index in [9.17, 15) is 0 Å². The minimum absolute atomic E-state index is 0. The first-order chi connectivity index (χ1) is 4.00. The van der Waals surface area contributed by atoms with Crippen molar-refractivity contribution in [1.82, 2.24) is 0 Å². The average molecular weight is 198 g/mol. The van der Waals surface area contributed by atoms with Gasteiger partial charge in [-0.2, -0.15) is 0 Å². The van der Waals surface area contributed by atoms with Crippen LogP contribution in [0.3, 0.4) is 0 Å². The third-order valence-electron chi connectivity index (χ3n) is 0. The van der Waals surface area contributed by atoms with Crippen LogP contribution in [0.2, 0.25) is 0 Å². The van der Waals surface area contributed by atoms with Gasteiger partial charge in [0, 0.05) is 18.5 Å². The van der Waals surface area contributed by atoms with Gasteiger partial charge in [-0.05, 0) is 0 Å². The smallest absolute Gasteiger partial charge is 0 e. The van der Waals surface area contributed by atoms with Crippen LogP contribution < -0.4 is 0 Å². The Morgan fingerprint density at radius 1 is 0.833 bits per heavy atom. The van der Waals surface area contributed by atoms with Crippen molar-refractivity contribution in [3.63, 3.8) is 0 Å². The van der Waals surface area contributed by atoms with Crippen LogP contribution in [-0.4, -0.2) is 40.9 Å². The van der Waals surface area contributed by atoms with Crippen LogP contribution in [0.1, 0.15) is 25.6 Å². The molecule has 90 valence electrons. The molecule has 0 saturated carbocycles. The fourth-order valence-electron chi connectivity index (χ4n) is 0. The largest absolute Gasteiger partial charge is 0 e. The topological polar surface area (TPSA) is 155 Å². The molecule has 8 N–H and O–H groups in total. The zero-order valence-corrected chi connectivity index (χ0v) is 7.30. The van der Waals surface area contributed by atoms with E-state index in [1.807, 2.05) is 13.8 Å². The molecule has 0 rings (SSSR count). The number of aliphatic hydroxyl groups excluding tert-OH is 2. The summed E-state index contributed by atoms with van der Waals surface area (Å²) >= 11 is 0. The molecule has 0 aliphatic carbocycles. The van der Waals surface area contributed by atoms with Crippen molar-refractivity contribution in [2.45, 2.75) is 21.3 Å². The van der Waals surface area contributed by atoms with Crippen LogP contribution in [0.4, 0.5) is 0 Å². The zero-order valence-electron chi connectivity index (χ0n) is 7.30. The average Bonchev–Trinajstić information content (AvgIpc) is 2.03. The second-order valence-corrected chi connectivity index (χ2v) is 0. The van der Waals surface area contributed by atoms with Gasteiger partial charge < -0.3 is 26.6 Å². The predicted molar refractivity (Wildman–Crippen MR) is 55.5 cm³/mol. The van der Waals surface area contributed by atoms with E-state index < -0.39 is 0 Å². The maximum Gasteiger partial charge on any atom is 0 e. The maximum absolute atomic E-state index is 7.50. The number of aliphatic hydroxyl groups is 2. The fourth-order valence-corrected chi connectivity index (χ4v) is 0. The Morgan fingerprint density at radius 3 is 0.833 bits per heavy atom. The summed E-state index contributed by atoms with van der Waals surface area (Å²) in [6.07, 6.45) is 0. The van der Waals surface area contributed by atoms with E-state index in [1.54, 1.807) is 0 Å². The Balaban J connectivity index is -0.00000000137. The normalized spacial score (nSPS) is 1.67. The molecule has 0 aromatic carbocycles. The van der Waals surface area contributed by atoms with Crippen LogP contribution in [0, 0.1) is 6.65 Å². The van der Waals surface area contributed by atoms with E-state index in [2.05, 4.69) is 6.65 Å². The van der Waals surface area contributed by atoms with Crippen molar-refractivity contribution >= 4 is 0 Å². The molecule has 12 heavy (non-hydrogen) atoms. The molecule has 0 amide bonds. The van der Waals surface area contributed by atoms with Crippen molar-refractivity contribution in [2.75, 3.05) is 14.2 Å². The van der Waals surface area contributed by atoms with Gasteiger partial charge in [0.25, 0.3) is 0 Å². The molecule has 0 aliphatic rings. The van der Waals surface area contributed by atoms with Gasteiger partial charge in [0.2, 0.25) is 0 Å². The van der Waals surface area contributed by atoms with Crippen molar-refractivity contribution < 1.29 is 35.6 Å². The fraction of sp³-hybridized carbons (Fsp3) is 0.833. The van der Waals surface area contributed by atoms with Crippen LogP contribution in [0.25, 0.3) is 0 Å². The van der Waals surface area contributed by atoms with E-state index in [-0.39, 0.29) is 28.1 Å². The molecule has 0 spiro atoms. The Hall–Kier alpha value is -0.460. The van der Waals surface area contributed by atoms with Crippen LogP contribution in [0.15, 0.2) is 0 Å². The number of rotatable bonds is 0. The summed E-state index contributed by atoms with van der Waals surface area (Å²) in [5, 5.41) is 14.0. The van der Waals surface area contributed by atoms with Crippen molar-refractivity contribution in [1.29, 1.82) is 0 Å². The van der Waals surface area contributed by atoms with Crippen molar-refractivity contribution in [2.24, 2.45) is 0 Å². The molecule has 0 atom stereocenters. The van der Waals surface area contributed by atoms with Gasteiger partial charge >= 0.3 is 11.3 Å². The molecule has 0 fully saturated rings. The molecule has 0 aliphatic heterocycles. The zero-order chi connectivity index (χ0) is 8.00. The van der Waals surface area contributed by atoms with Crippen molar-refractivity contribution in [3.8, 4) is 0 Å². The third kappa shape index (κ3) is 3290. The molecular formula is C6H30O6. The van der Waals surface area contributed by atoms with E-state index in [1.165, 1.54) is 0 Å². The van der Waals surface area contributed by atoms with Gasteiger partial charge in [-0.15, -0.1) is 0 Å².